The average Bonchev–Trinajstić information content (AvgIpc) is 2.46. The Hall–Kier alpha value is -2.08. The van der Waals surface area contributed by atoms with Gasteiger partial charge in [-0.1, -0.05) is 6.07 Å². The molecule has 0 fully saturated rings. The SMILES string of the molecule is COc1ccc(-c2cc[c]c([N+](=O)[O-])c2)c(Br)c1OC. The lowest BCUT2D eigenvalue weighted by molar-refractivity contribution is -0.385. The number of nitrogens with zero attached hydrogens (tertiary/aromatic N) is 1. The van der Waals surface area contributed by atoms with Gasteiger partial charge in [-0.15, -0.1) is 0 Å². The zero-order valence-corrected chi connectivity index (χ0v) is 12.4. The molecule has 2 aromatic carbocycles. The molecule has 0 saturated heterocycles. The Morgan fingerprint density at radius 2 is 2.00 bits per heavy atom. The zero-order chi connectivity index (χ0) is 14.7. The van der Waals surface area contributed by atoms with E-state index in [1.54, 1.807) is 19.2 Å². The minimum Gasteiger partial charge on any atom is -0.493 e. The number of hydrogen-bond donors (Lipinski definition) is 0. The van der Waals surface area contributed by atoms with Gasteiger partial charge in [0.25, 0.3) is 5.69 Å². The monoisotopic (exact) mass is 336 g/mol. The normalized spacial score (nSPS) is 10.2. The van der Waals surface area contributed by atoms with Gasteiger partial charge in [-0.3, -0.25) is 10.1 Å². The van der Waals surface area contributed by atoms with Gasteiger partial charge >= 0.3 is 0 Å². The van der Waals surface area contributed by atoms with E-state index < -0.39 is 4.92 Å². The van der Waals surface area contributed by atoms with Crippen LogP contribution in [0, 0.1) is 16.2 Å². The van der Waals surface area contributed by atoms with Crippen LogP contribution in [0.25, 0.3) is 11.1 Å². The minimum absolute atomic E-state index is 0.0795. The molecule has 0 heterocycles. The second kappa shape index (κ2) is 5.92. The largest absolute Gasteiger partial charge is 0.493 e. The van der Waals surface area contributed by atoms with Crippen LogP contribution in [0.1, 0.15) is 0 Å². The van der Waals surface area contributed by atoms with Gasteiger partial charge in [0, 0.05) is 11.6 Å². The number of halogens is 1. The third-order valence-electron chi connectivity index (χ3n) is 2.78. The van der Waals surface area contributed by atoms with Crippen molar-refractivity contribution in [3.8, 4) is 22.6 Å². The predicted octanol–water partition coefficient (Wildman–Crippen LogP) is 3.84. The first-order chi connectivity index (χ1) is 9.58. The van der Waals surface area contributed by atoms with Crippen molar-refractivity contribution >= 4 is 21.6 Å². The third kappa shape index (κ3) is 2.60. The Balaban J connectivity index is 2.58. The van der Waals surface area contributed by atoms with Crippen LogP contribution in [0.5, 0.6) is 11.5 Å². The molecular weight excluding hydrogens is 326 g/mol. The number of hydrogen-bond acceptors (Lipinski definition) is 4. The van der Waals surface area contributed by atoms with Gasteiger partial charge in [0.15, 0.2) is 11.5 Å². The molecule has 0 spiro atoms. The Labute approximate surface area is 124 Å². The van der Waals surface area contributed by atoms with Crippen molar-refractivity contribution in [2.75, 3.05) is 14.2 Å². The lowest BCUT2D eigenvalue weighted by Gasteiger charge is -2.13. The second-order valence-electron chi connectivity index (χ2n) is 3.88. The molecule has 20 heavy (non-hydrogen) atoms. The molecule has 2 rings (SSSR count). The molecule has 103 valence electrons. The van der Waals surface area contributed by atoms with E-state index in [4.69, 9.17) is 9.47 Å². The van der Waals surface area contributed by atoms with Crippen molar-refractivity contribution in [3.05, 3.63) is 51.0 Å². The lowest BCUT2D eigenvalue weighted by Crippen LogP contribution is -1.94. The van der Waals surface area contributed by atoms with E-state index in [9.17, 15) is 10.1 Å². The van der Waals surface area contributed by atoms with Gasteiger partial charge in [0.2, 0.25) is 0 Å². The number of non-ortho nitro benzene ring substituents is 1. The molecule has 5 nitrogen and oxygen atoms in total. The highest BCUT2D eigenvalue weighted by atomic mass is 79.9. The standard InChI is InChI=1S/C14H11BrNO4/c1-19-12-7-6-11(13(15)14(12)20-2)9-4-3-5-10(8-9)16(17)18/h3-4,6-8H,1-2H3. The van der Waals surface area contributed by atoms with Gasteiger partial charge < -0.3 is 9.47 Å². The second-order valence-corrected chi connectivity index (χ2v) is 4.68. The molecule has 0 aliphatic heterocycles. The summed E-state index contributed by atoms with van der Waals surface area (Å²) < 4.78 is 11.2. The summed E-state index contributed by atoms with van der Waals surface area (Å²) in [6.45, 7) is 0. The highest BCUT2D eigenvalue weighted by Crippen LogP contribution is 2.42. The van der Waals surface area contributed by atoms with E-state index in [2.05, 4.69) is 22.0 Å². The summed E-state index contributed by atoms with van der Waals surface area (Å²) in [5.74, 6) is 1.13. The molecule has 6 heteroatoms. The van der Waals surface area contributed by atoms with Crippen LogP contribution in [-0.4, -0.2) is 19.1 Å². The van der Waals surface area contributed by atoms with E-state index in [1.165, 1.54) is 19.2 Å². The Kier molecular flexibility index (Phi) is 4.24. The van der Waals surface area contributed by atoms with Crippen LogP contribution in [0.15, 0.2) is 34.8 Å². The summed E-state index contributed by atoms with van der Waals surface area (Å²) in [5, 5.41) is 10.8. The van der Waals surface area contributed by atoms with Crippen molar-refractivity contribution in [1.29, 1.82) is 0 Å². The number of ether oxygens (including phenoxy) is 2. The maximum absolute atomic E-state index is 10.8. The fourth-order valence-electron chi connectivity index (χ4n) is 1.84. The van der Waals surface area contributed by atoms with Gasteiger partial charge in [-0.2, -0.15) is 0 Å². The molecule has 0 aromatic heterocycles. The first kappa shape index (κ1) is 14.3. The summed E-state index contributed by atoms with van der Waals surface area (Å²) in [6, 6.07) is 10.9. The molecule has 0 N–H and O–H groups in total. The van der Waals surface area contributed by atoms with Crippen LogP contribution in [-0.2, 0) is 0 Å². The predicted molar refractivity (Wildman–Crippen MR) is 78.2 cm³/mol. The third-order valence-corrected chi connectivity index (χ3v) is 3.57. The quantitative estimate of drug-likeness (QED) is 0.628. The summed E-state index contributed by atoms with van der Waals surface area (Å²) in [6.07, 6.45) is 0. The van der Waals surface area contributed by atoms with Gasteiger partial charge in [0.05, 0.1) is 29.7 Å². The summed E-state index contributed by atoms with van der Waals surface area (Å²) in [4.78, 5) is 10.3. The minimum atomic E-state index is -0.474. The van der Waals surface area contributed by atoms with Gasteiger partial charge in [-0.25, -0.2) is 0 Å². The molecule has 0 bridgehead atoms. The summed E-state index contributed by atoms with van der Waals surface area (Å²) >= 11 is 3.45. The number of methoxy groups -OCH3 is 2. The number of benzene rings is 2. The van der Waals surface area contributed by atoms with Crippen LogP contribution in [0.2, 0.25) is 0 Å². The van der Waals surface area contributed by atoms with Crippen LogP contribution in [0.4, 0.5) is 5.69 Å². The highest BCUT2D eigenvalue weighted by Gasteiger charge is 2.15. The first-order valence-corrected chi connectivity index (χ1v) is 6.44. The van der Waals surface area contributed by atoms with Gasteiger partial charge in [0.1, 0.15) is 0 Å². The zero-order valence-electron chi connectivity index (χ0n) is 10.8. The Morgan fingerprint density at radius 1 is 1.25 bits per heavy atom. The maximum Gasteiger partial charge on any atom is 0.278 e. The van der Waals surface area contributed by atoms with E-state index in [0.29, 0.717) is 21.5 Å². The Morgan fingerprint density at radius 3 is 2.60 bits per heavy atom. The molecular formula is C14H11BrNO4. The molecule has 0 saturated carbocycles. The average molecular weight is 337 g/mol. The lowest BCUT2D eigenvalue weighted by atomic mass is 10.0. The van der Waals surface area contributed by atoms with Crippen LogP contribution >= 0.6 is 15.9 Å². The van der Waals surface area contributed by atoms with Crippen molar-refractivity contribution in [2.45, 2.75) is 0 Å². The van der Waals surface area contributed by atoms with Crippen LogP contribution in [0.3, 0.4) is 0 Å². The van der Waals surface area contributed by atoms with Crippen molar-refractivity contribution in [1.82, 2.24) is 0 Å². The number of rotatable bonds is 4. The summed E-state index contributed by atoms with van der Waals surface area (Å²) in [5.41, 5.74) is 1.40. The fraction of sp³-hybridized carbons (Fsp3) is 0.143. The Bertz CT molecular complexity index is 658. The molecule has 0 atom stereocenters. The number of nitro groups is 1. The fourth-order valence-corrected chi connectivity index (χ4v) is 2.56. The molecule has 2 aromatic rings. The number of nitro benzene ring substituents is 1. The smallest absolute Gasteiger partial charge is 0.278 e. The highest BCUT2D eigenvalue weighted by molar-refractivity contribution is 9.10. The van der Waals surface area contributed by atoms with Crippen molar-refractivity contribution < 1.29 is 14.4 Å². The van der Waals surface area contributed by atoms with E-state index >= 15 is 0 Å². The van der Waals surface area contributed by atoms with E-state index in [0.717, 1.165) is 5.56 Å². The molecule has 0 aliphatic carbocycles. The van der Waals surface area contributed by atoms with E-state index in [-0.39, 0.29) is 5.69 Å². The maximum atomic E-state index is 10.8. The van der Waals surface area contributed by atoms with Gasteiger partial charge in [-0.05, 0) is 39.7 Å². The molecule has 0 amide bonds. The van der Waals surface area contributed by atoms with Crippen LogP contribution < -0.4 is 9.47 Å². The molecule has 1 radical (unpaired) electrons. The van der Waals surface area contributed by atoms with Crippen molar-refractivity contribution in [3.63, 3.8) is 0 Å². The van der Waals surface area contributed by atoms with Crippen molar-refractivity contribution in [2.24, 2.45) is 0 Å². The summed E-state index contributed by atoms with van der Waals surface area (Å²) in [7, 11) is 3.08. The first-order valence-electron chi connectivity index (χ1n) is 5.65. The van der Waals surface area contributed by atoms with E-state index in [1.807, 2.05) is 6.07 Å². The molecule has 0 unspecified atom stereocenters. The topological polar surface area (TPSA) is 61.6 Å². The molecule has 0 aliphatic rings.